The molecule has 0 bridgehead atoms. The van der Waals surface area contributed by atoms with Gasteiger partial charge < -0.3 is 0 Å². The average Bonchev–Trinajstić information content (AvgIpc) is 2.05. The fourth-order valence-corrected chi connectivity index (χ4v) is 0.497. The highest BCUT2D eigenvalue weighted by molar-refractivity contribution is 5.51. The van der Waals surface area contributed by atoms with Crippen LogP contribution >= 0.6 is 0 Å². The highest BCUT2D eigenvalue weighted by atomic mass is 19.3. The van der Waals surface area contributed by atoms with Crippen molar-refractivity contribution in [1.29, 1.82) is 0 Å². The third kappa shape index (κ3) is 1.76. The Morgan fingerprint density at radius 1 is 1.09 bits per heavy atom. The van der Waals surface area contributed by atoms with Gasteiger partial charge >= 0.3 is 6.08 Å². The number of aromatic nitrogens is 2. The predicted octanol–water partition coefficient (Wildman–Crippen LogP) is 2.01. The van der Waals surface area contributed by atoms with E-state index in [9.17, 15) is 13.2 Å². The average molecular weight is 160 g/mol. The fraction of sp³-hybridized carbons (Fsp3) is 0. The van der Waals surface area contributed by atoms with Crippen LogP contribution in [-0.2, 0) is 0 Å². The molecule has 11 heavy (non-hydrogen) atoms. The molecule has 1 rings (SSSR count). The standard InChI is InChI=1S/C6H3F3N2/c7-4(5(8)9)6-10-2-1-3-11-6/h1-3H. The smallest absolute Gasteiger partial charge is 0.234 e. The van der Waals surface area contributed by atoms with Gasteiger partial charge in [-0.25, -0.2) is 9.97 Å². The zero-order valence-corrected chi connectivity index (χ0v) is 5.26. The molecule has 58 valence electrons. The van der Waals surface area contributed by atoms with E-state index in [0.717, 1.165) is 0 Å². The van der Waals surface area contributed by atoms with Crippen molar-refractivity contribution in [2.75, 3.05) is 0 Å². The third-order valence-corrected chi connectivity index (χ3v) is 0.928. The Bertz CT molecular complexity index is 266. The lowest BCUT2D eigenvalue weighted by molar-refractivity contribution is 0.409. The number of rotatable bonds is 1. The van der Waals surface area contributed by atoms with E-state index in [1.165, 1.54) is 18.5 Å². The predicted molar refractivity (Wildman–Crippen MR) is 32.3 cm³/mol. The molecule has 0 spiro atoms. The SMILES string of the molecule is FC(F)=C(F)c1ncccn1. The Morgan fingerprint density at radius 2 is 1.64 bits per heavy atom. The van der Waals surface area contributed by atoms with Crippen LogP contribution in [0.5, 0.6) is 0 Å². The van der Waals surface area contributed by atoms with Crippen LogP contribution in [0.25, 0.3) is 5.83 Å². The quantitative estimate of drug-likeness (QED) is 0.627. The van der Waals surface area contributed by atoms with Crippen LogP contribution in [0.4, 0.5) is 13.2 Å². The summed E-state index contributed by atoms with van der Waals surface area (Å²) in [6.45, 7) is 0. The molecule has 0 aliphatic heterocycles. The van der Waals surface area contributed by atoms with E-state index in [-0.39, 0.29) is 0 Å². The lowest BCUT2D eigenvalue weighted by Crippen LogP contribution is -1.88. The second-order valence-corrected chi connectivity index (χ2v) is 1.65. The molecular formula is C6H3F3N2. The Hall–Kier alpha value is -1.39. The van der Waals surface area contributed by atoms with Crippen LogP contribution in [0.3, 0.4) is 0 Å². The summed E-state index contributed by atoms with van der Waals surface area (Å²) in [5.41, 5.74) is 0. The summed E-state index contributed by atoms with van der Waals surface area (Å²) in [5.74, 6) is -2.27. The number of hydrogen-bond acceptors (Lipinski definition) is 2. The second-order valence-electron chi connectivity index (χ2n) is 1.65. The number of nitrogens with zero attached hydrogens (tertiary/aromatic N) is 2. The van der Waals surface area contributed by atoms with Crippen molar-refractivity contribution in [3.8, 4) is 0 Å². The lowest BCUT2D eigenvalue weighted by atomic mass is 10.5. The summed E-state index contributed by atoms with van der Waals surface area (Å²) in [6.07, 6.45) is -0.0356. The Labute approximate surface area is 60.4 Å². The van der Waals surface area contributed by atoms with Crippen molar-refractivity contribution in [2.45, 2.75) is 0 Å². The minimum Gasteiger partial charge on any atom is -0.234 e. The van der Waals surface area contributed by atoms with E-state index in [2.05, 4.69) is 9.97 Å². The van der Waals surface area contributed by atoms with Gasteiger partial charge in [0.05, 0.1) is 0 Å². The molecule has 1 aromatic heterocycles. The van der Waals surface area contributed by atoms with Crippen molar-refractivity contribution >= 4 is 5.83 Å². The molecule has 0 atom stereocenters. The molecule has 5 heteroatoms. The van der Waals surface area contributed by atoms with E-state index in [1.807, 2.05) is 0 Å². The first-order valence-corrected chi connectivity index (χ1v) is 2.70. The largest absolute Gasteiger partial charge is 0.309 e. The molecule has 1 aromatic rings. The maximum Gasteiger partial charge on any atom is 0.309 e. The molecule has 0 radical (unpaired) electrons. The summed E-state index contributed by atoms with van der Waals surface area (Å²) < 4.78 is 35.3. The van der Waals surface area contributed by atoms with Gasteiger partial charge in [0, 0.05) is 12.4 Å². The maximum atomic E-state index is 12.3. The molecular weight excluding hydrogens is 157 g/mol. The van der Waals surface area contributed by atoms with E-state index >= 15 is 0 Å². The molecule has 0 amide bonds. The zero-order chi connectivity index (χ0) is 8.27. The minimum absolute atomic E-state index is 0.590. The summed E-state index contributed by atoms with van der Waals surface area (Å²) in [5, 5.41) is 0. The molecule has 1 heterocycles. The van der Waals surface area contributed by atoms with Crippen LogP contribution in [0.2, 0.25) is 0 Å². The molecule has 0 unspecified atom stereocenters. The van der Waals surface area contributed by atoms with Gasteiger partial charge in [-0.1, -0.05) is 0 Å². The molecule has 0 aliphatic rings. The highest BCUT2D eigenvalue weighted by Gasteiger charge is 2.09. The van der Waals surface area contributed by atoms with Crippen molar-refractivity contribution in [1.82, 2.24) is 9.97 Å². The van der Waals surface area contributed by atoms with E-state index in [4.69, 9.17) is 0 Å². The molecule has 0 fully saturated rings. The van der Waals surface area contributed by atoms with Gasteiger partial charge in [0.2, 0.25) is 5.83 Å². The first-order chi connectivity index (χ1) is 5.22. The van der Waals surface area contributed by atoms with Gasteiger partial charge in [0.15, 0.2) is 5.82 Å². The van der Waals surface area contributed by atoms with Crippen LogP contribution in [0, 0.1) is 0 Å². The topological polar surface area (TPSA) is 25.8 Å². The number of hydrogen-bond donors (Lipinski definition) is 0. The first kappa shape index (κ1) is 7.71. The van der Waals surface area contributed by atoms with Crippen molar-refractivity contribution in [2.24, 2.45) is 0 Å². The molecule has 0 aliphatic carbocycles. The third-order valence-electron chi connectivity index (χ3n) is 0.928. The number of halogens is 3. The highest BCUT2D eigenvalue weighted by Crippen LogP contribution is 2.17. The van der Waals surface area contributed by atoms with Gasteiger partial charge in [-0.2, -0.15) is 13.2 Å². The van der Waals surface area contributed by atoms with Gasteiger partial charge in [-0.05, 0) is 6.07 Å². The Kier molecular flexibility index (Phi) is 2.20. The zero-order valence-electron chi connectivity index (χ0n) is 5.26. The van der Waals surface area contributed by atoms with Gasteiger partial charge in [-0.3, -0.25) is 0 Å². The van der Waals surface area contributed by atoms with Crippen molar-refractivity contribution in [3.63, 3.8) is 0 Å². The molecule has 0 aromatic carbocycles. The monoisotopic (exact) mass is 160 g/mol. The minimum atomic E-state index is -2.41. The molecule has 0 N–H and O–H groups in total. The van der Waals surface area contributed by atoms with E-state index in [0.29, 0.717) is 0 Å². The molecule has 2 nitrogen and oxygen atoms in total. The summed E-state index contributed by atoms with van der Waals surface area (Å²) in [4.78, 5) is 6.55. The summed E-state index contributed by atoms with van der Waals surface area (Å²) in [7, 11) is 0. The lowest BCUT2D eigenvalue weighted by Gasteiger charge is -1.91. The van der Waals surface area contributed by atoms with Crippen LogP contribution in [0.15, 0.2) is 24.5 Å². The molecule has 0 saturated heterocycles. The van der Waals surface area contributed by atoms with Gasteiger partial charge in [0.25, 0.3) is 0 Å². The van der Waals surface area contributed by atoms with Crippen molar-refractivity contribution in [3.05, 3.63) is 30.4 Å². The van der Waals surface area contributed by atoms with Gasteiger partial charge in [-0.15, -0.1) is 0 Å². The van der Waals surface area contributed by atoms with Crippen molar-refractivity contribution < 1.29 is 13.2 Å². The van der Waals surface area contributed by atoms with Crippen LogP contribution < -0.4 is 0 Å². The van der Waals surface area contributed by atoms with E-state index < -0.39 is 17.7 Å². The summed E-state index contributed by atoms with van der Waals surface area (Å²) >= 11 is 0. The normalized spacial score (nSPS) is 9.36. The maximum absolute atomic E-state index is 12.3. The Balaban J connectivity index is 3.04. The second kappa shape index (κ2) is 3.14. The first-order valence-electron chi connectivity index (χ1n) is 2.70. The molecule has 0 saturated carbocycles. The van der Waals surface area contributed by atoms with Gasteiger partial charge in [0.1, 0.15) is 0 Å². The van der Waals surface area contributed by atoms with Crippen LogP contribution in [0.1, 0.15) is 5.82 Å². The summed E-state index contributed by atoms with van der Waals surface area (Å²) in [6, 6.07) is 1.41. The fourth-order valence-electron chi connectivity index (χ4n) is 0.497. The Morgan fingerprint density at radius 3 is 2.09 bits per heavy atom. The van der Waals surface area contributed by atoms with Crippen LogP contribution in [-0.4, -0.2) is 9.97 Å². The van der Waals surface area contributed by atoms with E-state index in [1.54, 1.807) is 0 Å².